The van der Waals surface area contributed by atoms with Crippen LogP contribution < -0.4 is 10.2 Å². The molecule has 1 aromatic heterocycles. The average molecular weight is 289 g/mol. The van der Waals surface area contributed by atoms with Gasteiger partial charge in [0, 0.05) is 24.8 Å². The highest BCUT2D eigenvalue weighted by Gasteiger charge is 2.22. The maximum atomic E-state index is 4.75. The Morgan fingerprint density at radius 3 is 2.81 bits per heavy atom. The van der Waals surface area contributed by atoms with Crippen LogP contribution in [-0.4, -0.2) is 24.1 Å². The van der Waals surface area contributed by atoms with Crippen LogP contribution in [0.1, 0.15) is 70.9 Å². The van der Waals surface area contributed by atoms with Crippen molar-refractivity contribution < 1.29 is 0 Å². The molecule has 21 heavy (non-hydrogen) atoms. The lowest BCUT2D eigenvalue weighted by atomic mass is 9.98. The average Bonchev–Trinajstić information content (AvgIpc) is 2.53. The summed E-state index contributed by atoms with van der Waals surface area (Å²) >= 11 is 0. The molecule has 2 rings (SSSR count). The summed E-state index contributed by atoms with van der Waals surface area (Å²) < 4.78 is 0. The lowest BCUT2D eigenvalue weighted by molar-refractivity contribution is 0.431. The molecule has 0 radical (unpaired) electrons. The molecule has 3 nitrogen and oxygen atoms in total. The first-order chi connectivity index (χ1) is 10.3. The zero-order valence-corrected chi connectivity index (χ0v) is 13.9. The molecule has 1 N–H and O–H groups in total. The summed E-state index contributed by atoms with van der Waals surface area (Å²) in [7, 11) is 0. The predicted octanol–water partition coefficient (Wildman–Crippen LogP) is 4.30. The molecule has 1 fully saturated rings. The van der Waals surface area contributed by atoms with Gasteiger partial charge in [0.1, 0.15) is 5.82 Å². The van der Waals surface area contributed by atoms with Gasteiger partial charge in [-0.15, -0.1) is 0 Å². The topological polar surface area (TPSA) is 28.2 Å². The van der Waals surface area contributed by atoms with E-state index in [4.69, 9.17) is 4.98 Å². The number of hydrogen-bond acceptors (Lipinski definition) is 3. The van der Waals surface area contributed by atoms with Gasteiger partial charge in [0.15, 0.2) is 0 Å². The summed E-state index contributed by atoms with van der Waals surface area (Å²) in [4.78, 5) is 7.28. The highest BCUT2D eigenvalue weighted by Crippen LogP contribution is 2.26. The summed E-state index contributed by atoms with van der Waals surface area (Å²) in [5.74, 6) is 1.17. The van der Waals surface area contributed by atoms with Crippen molar-refractivity contribution in [3.63, 3.8) is 0 Å². The van der Waals surface area contributed by atoms with E-state index in [0.717, 1.165) is 6.54 Å². The fourth-order valence-corrected chi connectivity index (χ4v) is 3.24. The third-order valence-electron chi connectivity index (χ3n) is 4.51. The monoisotopic (exact) mass is 289 g/mol. The molecule has 3 heteroatoms. The summed E-state index contributed by atoms with van der Waals surface area (Å²) in [5, 5.41) is 3.52. The van der Waals surface area contributed by atoms with E-state index in [1.165, 1.54) is 56.5 Å². The molecule has 0 spiro atoms. The molecule has 2 unspecified atom stereocenters. The van der Waals surface area contributed by atoms with E-state index < -0.39 is 0 Å². The van der Waals surface area contributed by atoms with Crippen LogP contribution in [0.5, 0.6) is 0 Å². The Morgan fingerprint density at radius 2 is 2.14 bits per heavy atom. The number of nitrogens with one attached hydrogen (secondary N) is 1. The number of piperidine rings is 1. The Bertz CT molecular complexity index is 399. The third-order valence-corrected chi connectivity index (χ3v) is 4.51. The largest absolute Gasteiger partial charge is 0.354 e. The zero-order chi connectivity index (χ0) is 15.1. The molecule has 1 aliphatic heterocycles. The second-order valence-corrected chi connectivity index (χ2v) is 6.26. The van der Waals surface area contributed by atoms with Crippen LogP contribution in [0.3, 0.4) is 0 Å². The number of aromatic nitrogens is 1. The van der Waals surface area contributed by atoms with E-state index in [2.05, 4.69) is 49.3 Å². The van der Waals surface area contributed by atoms with Crippen LogP contribution >= 0.6 is 0 Å². The highest BCUT2D eigenvalue weighted by atomic mass is 15.2. The van der Waals surface area contributed by atoms with Crippen molar-refractivity contribution in [3.8, 4) is 0 Å². The molecule has 0 bridgehead atoms. The smallest absolute Gasteiger partial charge is 0.128 e. The Morgan fingerprint density at radius 1 is 1.29 bits per heavy atom. The minimum Gasteiger partial charge on any atom is -0.354 e. The van der Waals surface area contributed by atoms with Crippen LogP contribution in [0.4, 0.5) is 5.82 Å². The van der Waals surface area contributed by atoms with Gasteiger partial charge in [0.25, 0.3) is 0 Å². The van der Waals surface area contributed by atoms with Gasteiger partial charge in [-0.2, -0.15) is 0 Å². The number of nitrogens with zero attached hydrogens (tertiary/aromatic N) is 2. The maximum Gasteiger partial charge on any atom is 0.128 e. The molecule has 1 saturated heterocycles. The van der Waals surface area contributed by atoms with Crippen molar-refractivity contribution in [2.75, 3.05) is 18.0 Å². The molecular weight excluding hydrogens is 258 g/mol. The molecule has 1 aliphatic rings. The lowest BCUT2D eigenvalue weighted by Crippen LogP contribution is -2.40. The normalized spacial score (nSPS) is 20.5. The van der Waals surface area contributed by atoms with Crippen LogP contribution in [-0.2, 0) is 0 Å². The fourth-order valence-electron chi connectivity index (χ4n) is 3.24. The van der Waals surface area contributed by atoms with Crippen molar-refractivity contribution in [1.82, 2.24) is 10.3 Å². The van der Waals surface area contributed by atoms with E-state index in [1.807, 2.05) is 0 Å². The van der Waals surface area contributed by atoms with Crippen LogP contribution in [0.25, 0.3) is 0 Å². The van der Waals surface area contributed by atoms with E-state index in [0.29, 0.717) is 12.1 Å². The van der Waals surface area contributed by atoms with Crippen molar-refractivity contribution in [2.24, 2.45) is 0 Å². The first kappa shape index (κ1) is 16.3. The van der Waals surface area contributed by atoms with Gasteiger partial charge in [0.2, 0.25) is 0 Å². The maximum absolute atomic E-state index is 4.75. The molecule has 0 amide bonds. The third kappa shape index (κ3) is 4.44. The quantitative estimate of drug-likeness (QED) is 0.811. The number of pyridine rings is 1. The van der Waals surface area contributed by atoms with E-state index in [9.17, 15) is 0 Å². The molecule has 0 saturated carbocycles. The summed E-state index contributed by atoms with van der Waals surface area (Å²) in [6.07, 6.45) is 9.78. The fraction of sp³-hybridized carbons (Fsp3) is 0.722. The standard InChI is InChI=1S/C18H31N3/c1-4-8-17-9-6-7-13-21(17)18-11-10-16(14-20-18)15(3)19-12-5-2/h10-11,14-15,17,19H,4-9,12-13H2,1-3H3. The highest BCUT2D eigenvalue weighted by molar-refractivity contribution is 5.41. The van der Waals surface area contributed by atoms with Crippen molar-refractivity contribution in [3.05, 3.63) is 23.9 Å². The molecular formula is C18H31N3. The predicted molar refractivity (Wildman–Crippen MR) is 90.8 cm³/mol. The summed E-state index contributed by atoms with van der Waals surface area (Å²) in [5.41, 5.74) is 1.29. The van der Waals surface area contributed by atoms with Crippen molar-refractivity contribution in [1.29, 1.82) is 0 Å². The molecule has 0 aromatic carbocycles. The summed E-state index contributed by atoms with van der Waals surface area (Å²) in [6.45, 7) is 8.93. The minimum atomic E-state index is 0.388. The van der Waals surface area contributed by atoms with Gasteiger partial charge in [0.05, 0.1) is 0 Å². The summed E-state index contributed by atoms with van der Waals surface area (Å²) in [6, 6.07) is 5.54. The SMILES string of the molecule is CCCNC(C)c1ccc(N2CCCCC2CCC)nc1. The second-order valence-electron chi connectivity index (χ2n) is 6.26. The first-order valence-electron chi connectivity index (χ1n) is 8.72. The molecule has 2 heterocycles. The molecule has 2 atom stereocenters. The second kappa shape index (κ2) is 8.38. The van der Waals surface area contributed by atoms with E-state index >= 15 is 0 Å². The van der Waals surface area contributed by atoms with Crippen molar-refractivity contribution >= 4 is 5.82 Å². The van der Waals surface area contributed by atoms with Gasteiger partial charge in [-0.1, -0.05) is 26.3 Å². The van der Waals surface area contributed by atoms with Crippen LogP contribution in [0.15, 0.2) is 18.3 Å². The van der Waals surface area contributed by atoms with Gasteiger partial charge < -0.3 is 10.2 Å². The van der Waals surface area contributed by atoms with Crippen LogP contribution in [0, 0.1) is 0 Å². The van der Waals surface area contributed by atoms with Gasteiger partial charge in [-0.05, 0) is 57.2 Å². The Kier molecular flexibility index (Phi) is 6.50. The van der Waals surface area contributed by atoms with E-state index in [1.54, 1.807) is 0 Å². The number of anilines is 1. The number of hydrogen-bond donors (Lipinski definition) is 1. The Labute approximate surface area is 130 Å². The van der Waals surface area contributed by atoms with Gasteiger partial charge in [-0.25, -0.2) is 4.98 Å². The molecule has 1 aromatic rings. The minimum absolute atomic E-state index is 0.388. The number of rotatable bonds is 7. The Hall–Kier alpha value is -1.09. The van der Waals surface area contributed by atoms with Gasteiger partial charge >= 0.3 is 0 Å². The lowest BCUT2D eigenvalue weighted by Gasteiger charge is -2.36. The Balaban J connectivity index is 2.03. The van der Waals surface area contributed by atoms with Crippen molar-refractivity contribution in [2.45, 2.75) is 71.4 Å². The molecule has 0 aliphatic carbocycles. The van der Waals surface area contributed by atoms with Gasteiger partial charge in [-0.3, -0.25) is 0 Å². The molecule has 118 valence electrons. The van der Waals surface area contributed by atoms with E-state index in [-0.39, 0.29) is 0 Å². The first-order valence-corrected chi connectivity index (χ1v) is 8.72. The van der Waals surface area contributed by atoms with Crippen LogP contribution in [0.2, 0.25) is 0 Å². The zero-order valence-electron chi connectivity index (χ0n) is 13.9.